The number of methoxy groups -OCH3 is 1. The van der Waals surface area contributed by atoms with Gasteiger partial charge < -0.3 is 10.1 Å². The Morgan fingerprint density at radius 2 is 2.00 bits per heavy atom. The molecule has 1 N–H and O–H groups in total. The fraction of sp³-hybridized carbons (Fsp3) is 0.455. The largest absolute Gasteiger partial charge is 0.416 e. The first-order valence-electron chi connectivity index (χ1n) is 5.00. The minimum atomic E-state index is -4.54. The minimum Gasteiger partial charge on any atom is -0.383 e. The van der Waals surface area contributed by atoms with E-state index < -0.39 is 17.6 Å². The summed E-state index contributed by atoms with van der Waals surface area (Å²) in [6, 6.07) is 2.66. The van der Waals surface area contributed by atoms with E-state index in [1.807, 2.05) is 0 Å². The van der Waals surface area contributed by atoms with Gasteiger partial charge in [0.25, 0.3) is 0 Å². The fourth-order valence-corrected chi connectivity index (χ4v) is 1.36. The van der Waals surface area contributed by atoms with Crippen LogP contribution in [-0.4, -0.2) is 20.3 Å². The van der Waals surface area contributed by atoms with Gasteiger partial charge in [0, 0.05) is 20.2 Å². The molecule has 0 bridgehead atoms. The molecule has 1 aromatic rings. The third-order valence-electron chi connectivity index (χ3n) is 2.18. The van der Waals surface area contributed by atoms with Crippen LogP contribution in [-0.2, 0) is 17.5 Å². The van der Waals surface area contributed by atoms with Crippen LogP contribution < -0.4 is 5.32 Å². The molecular formula is C11H13F4NO. The van der Waals surface area contributed by atoms with Crippen LogP contribution in [0.2, 0.25) is 0 Å². The fourth-order valence-electron chi connectivity index (χ4n) is 1.36. The molecule has 0 unspecified atom stereocenters. The molecule has 0 fully saturated rings. The van der Waals surface area contributed by atoms with Gasteiger partial charge in [0.2, 0.25) is 0 Å². The average Bonchev–Trinajstić information content (AvgIpc) is 2.25. The molecule has 96 valence electrons. The third-order valence-corrected chi connectivity index (χ3v) is 2.18. The Morgan fingerprint density at radius 1 is 1.29 bits per heavy atom. The summed E-state index contributed by atoms with van der Waals surface area (Å²) in [4.78, 5) is 0. The van der Waals surface area contributed by atoms with Crippen molar-refractivity contribution in [1.29, 1.82) is 0 Å². The number of nitrogens with one attached hydrogen (secondary N) is 1. The van der Waals surface area contributed by atoms with E-state index in [1.165, 1.54) is 7.11 Å². The maximum Gasteiger partial charge on any atom is 0.416 e. The molecule has 6 heteroatoms. The van der Waals surface area contributed by atoms with Crippen LogP contribution in [0.5, 0.6) is 0 Å². The number of alkyl halides is 3. The molecule has 1 rings (SSSR count). The minimum absolute atomic E-state index is 0.0232. The highest BCUT2D eigenvalue weighted by Crippen LogP contribution is 2.32. The number of ether oxygens (including phenoxy) is 1. The number of halogens is 4. The zero-order valence-corrected chi connectivity index (χ0v) is 9.27. The third kappa shape index (κ3) is 4.32. The van der Waals surface area contributed by atoms with E-state index in [9.17, 15) is 17.6 Å². The second-order valence-corrected chi connectivity index (χ2v) is 3.47. The highest BCUT2D eigenvalue weighted by molar-refractivity contribution is 5.30. The molecule has 0 aliphatic carbocycles. The molecule has 2 nitrogen and oxygen atoms in total. The standard InChI is InChI=1S/C11H13F4NO/c1-17-5-4-16-7-8-2-3-9(12)6-10(8)11(13,14)15/h2-3,6,16H,4-5,7H2,1H3. The van der Waals surface area contributed by atoms with E-state index in [0.29, 0.717) is 19.2 Å². The number of benzene rings is 1. The maximum absolute atomic E-state index is 12.8. The summed E-state index contributed by atoms with van der Waals surface area (Å²) in [5.74, 6) is -0.891. The number of hydrogen-bond donors (Lipinski definition) is 1. The van der Waals surface area contributed by atoms with Crippen molar-refractivity contribution in [3.05, 3.63) is 35.1 Å². The molecule has 0 radical (unpaired) electrons. The van der Waals surface area contributed by atoms with E-state index in [2.05, 4.69) is 5.32 Å². The lowest BCUT2D eigenvalue weighted by Gasteiger charge is -2.13. The van der Waals surface area contributed by atoms with E-state index in [0.717, 1.165) is 12.1 Å². The Labute approximate surface area is 96.6 Å². The van der Waals surface area contributed by atoms with Gasteiger partial charge in [-0.15, -0.1) is 0 Å². The lowest BCUT2D eigenvalue weighted by Crippen LogP contribution is -2.21. The molecule has 0 saturated carbocycles. The van der Waals surface area contributed by atoms with Crippen molar-refractivity contribution in [2.75, 3.05) is 20.3 Å². The van der Waals surface area contributed by atoms with E-state index in [-0.39, 0.29) is 12.1 Å². The normalized spacial score (nSPS) is 11.8. The van der Waals surface area contributed by atoms with Crippen LogP contribution in [0, 0.1) is 5.82 Å². The van der Waals surface area contributed by atoms with Crippen LogP contribution in [0.15, 0.2) is 18.2 Å². The van der Waals surface area contributed by atoms with Gasteiger partial charge in [0.05, 0.1) is 12.2 Å². The van der Waals surface area contributed by atoms with Gasteiger partial charge in [0.1, 0.15) is 5.82 Å². The molecule has 17 heavy (non-hydrogen) atoms. The quantitative estimate of drug-likeness (QED) is 0.641. The monoisotopic (exact) mass is 251 g/mol. The predicted octanol–water partition coefficient (Wildman–Crippen LogP) is 2.58. The van der Waals surface area contributed by atoms with Crippen molar-refractivity contribution in [3.8, 4) is 0 Å². The Kier molecular flexibility index (Phi) is 4.89. The molecule has 0 heterocycles. The summed E-state index contributed by atoms with van der Waals surface area (Å²) < 4.78 is 55.3. The SMILES string of the molecule is COCCNCc1ccc(F)cc1C(F)(F)F. The van der Waals surface area contributed by atoms with E-state index in [4.69, 9.17) is 4.74 Å². The Morgan fingerprint density at radius 3 is 2.59 bits per heavy atom. The van der Waals surface area contributed by atoms with Gasteiger partial charge in [-0.2, -0.15) is 13.2 Å². The summed E-state index contributed by atoms with van der Waals surface area (Å²) in [6.45, 7) is 0.867. The Balaban J connectivity index is 2.77. The highest BCUT2D eigenvalue weighted by atomic mass is 19.4. The Hall–Kier alpha value is -1.14. The van der Waals surface area contributed by atoms with Gasteiger partial charge >= 0.3 is 6.18 Å². The summed E-state index contributed by atoms with van der Waals surface area (Å²) >= 11 is 0. The molecule has 0 atom stereocenters. The first kappa shape index (κ1) is 13.9. The van der Waals surface area contributed by atoms with Crippen molar-refractivity contribution in [1.82, 2.24) is 5.32 Å². The van der Waals surface area contributed by atoms with Crippen molar-refractivity contribution in [2.45, 2.75) is 12.7 Å². The van der Waals surface area contributed by atoms with Crippen molar-refractivity contribution in [3.63, 3.8) is 0 Å². The average molecular weight is 251 g/mol. The van der Waals surface area contributed by atoms with Crippen LogP contribution in [0.3, 0.4) is 0 Å². The van der Waals surface area contributed by atoms with Crippen molar-refractivity contribution < 1.29 is 22.3 Å². The van der Waals surface area contributed by atoms with Crippen LogP contribution in [0.1, 0.15) is 11.1 Å². The molecule has 1 aromatic carbocycles. The van der Waals surface area contributed by atoms with Crippen LogP contribution >= 0.6 is 0 Å². The Bertz CT molecular complexity index is 365. The molecule has 0 spiro atoms. The predicted molar refractivity (Wildman–Crippen MR) is 55.0 cm³/mol. The summed E-state index contributed by atoms with van der Waals surface area (Å²) in [5.41, 5.74) is -0.919. The molecular weight excluding hydrogens is 238 g/mol. The van der Waals surface area contributed by atoms with Gasteiger partial charge in [-0.25, -0.2) is 4.39 Å². The highest BCUT2D eigenvalue weighted by Gasteiger charge is 2.33. The topological polar surface area (TPSA) is 21.3 Å². The molecule has 0 saturated heterocycles. The lowest BCUT2D eigenvalue weighted by molar-refractivity contribution is -0.138. The van der Waals surface area contributed by atoms with E-state index in [1.54, 1.807) is 0 Å². The lowest BCUT2D eigenvalue weighted by atomic mass is 10.1. The van der Waals surface area contributed by atoms with Gasteiger partial charge in [0.15, 0.2) is 0 Å². The molecule has 0 amide bonds. The smallest absolute Gasteiger partial charge is 0.383 e. The first-order valence-corrected chi connectivity index (χ1v) is 5.00. The number of hydrogen-bond acceptors (Lipinski definition) is 2. The second-order valence-electron chi connectivity index (χ2n) is 3.47. The maximum atomic E-state index is 12.8. The van der Waals surface area contributed by atoms with Gasteiger partial charge in [-0.05, 0) is 17.7 Å². The van der Waals surface area contributed by atoms with Crippen molar-refractivity contribution >= 4 is 0 Å². The van der Waals surface area contributed by atoms with Crippen molar-refractivity contribution in [2.24, 2.45) is 0 Å². The zero-order chi connectivity index (χ0) is 12.9. The van der Waals surface area contributed by atoms with Crippen LogP contribution in [0.4, 0.5) is 17.6 Å². The zero-order valence-electron chi connectivity index (χ0n) is 9.27. The second kappa shape index (κ2) is 5.97. The number of rotatable bonds is 5. The van der Waals surface area contributed by atoms with Crippen LogP contribution in [0.25, 0.3) is 0 Å². The summed E-state index contributed by atoms with van der Waals surface area (Å²) in [7, 11) is 1.50. The molecule has 0 aliphatic rings. The summed E-state index contributed by atoms with van der Waals surface area (Å²) in [5, 5.41) is 2.79. The van der Waals surface area contributed by atoms with Gasteiger partial charge in [-0.1, -0.05) is 6.07 Å². The first-order chi connectivity index (χ1) is 7.95. The van der Waals surface area contributed by atoms with Gasteiger partial charge in [-0.3, -0.25) is 0 Å². The summed E-state index contributed by atoms with van der Waals surface area (Å²) in [6.07, 6.45) is -4.54. The molecule has 0 aromatic heterocycles. The van der Waals surface area contributed by atoms with E-state index >= 15 is 0 Å². The molecule has 0 aliphatic heterocycles.